The number of carbonyl (C=O) groups is 2. The summed E-state index contributed by atoms with van der Waals surface area (Å²) < 4.78 is 23.7. The molecule has 1 aliphatic heterocycles. The van der Waals surface area contributed by atoms with Crippen LogP contribution in [0.25, 0.3) is 0 Å². The van der Waals surface area contributed by atoms with E-state index in [0.717, 1.165) is 6.20 Å². The van der Waals surface area contributed by atoms with Gasteiger partial charge in [0.1, 0.15) is 23.4 Å². The summed E-state index contributed by atoms with van der Waals surface area (Å²) in [6.07, 6.45) is 1.15. The largest absolute Gasteiger partial charge is 0.488 e. The molecule has 30 heavy (non-hydrogen) atoms. The molecular weight excluding hydrogens is 391 g/mol. The van der Waals surface area contributed by atoms with Crippen LogP contribution >= 0.6 is 0 Å². The number of esters is 1. The van der Waals surface area contributed by atoms with E-state index in [9.17, 15) is 19.1 Å². The summed E-state index contributed by atoms with van der Waals surface area (Å²) in [6.45, 7) is 1.09. The van der Waals surface area contributed by atoms with Crippen LogP contribution in [-0.4, -0.2) is 59.3 Å². The molecule has 1 saturated heterocycles. The van der Waals surface area contributed by atoms with Gasteiger partial charge in [0.2, 0.25) is 0 Å². The number of halogens is 1. The first-order chi connectivity index (χ1) is 14.4. The number of ether oxygens (including phenoxy) is 2. The van der Waals surface area contributed by atoms with E-state index in [4.69, 9.17) is 4.74 Å². The molecule has 158 valence electrons. The van der Waals surface area contributed by atoms with Gasteiger partial charge in [-0.25, -0.2) is 14.2 Å². The predicted molar refractivity (Wildman–Crippen MR) is 105 cm³/mol. The van der Waals surface area contributed by atoms with E-state index in [1.807, 2.05) is 0 Å². The molecule has 2 heterocycles. The lowest BCUT2D eigenvalue weighted by Gasteiger charge is -2.35. The van der Waals surface area contributed by atoms with Crippen LogP contribution in [0.15, 0.2) is 42.6 Å². The Morgan fingerprint density at radius 2 is 1.80 bits per heavy atom. The van der Waals surface area contributed by atoms with Gasteiger partial charge >= 0.3 is 5.97 Å². The van der Waals surface area contributed by atoms with E-state index in [1.165, 1.54) is 19.2 Å². The van der Waals surface area contributed by atoms with E-state index in [2.05, 4.69) is 9.72 Å². The van der Waals surface area contributed by atoms with Crippen molar-refractivity contribution in [2.45, 2.75) is 25.0 Å². The molecule has 1 aromatic heterocycles. The minimum Gasteiger partial charge on any atom is -0.488 e. The number of rotatable bonds is 4. The van der Waals surface area contributed by atoms with Crippen LogP contribution in [0.2, 0.25) is 0 Å². The summed E-state index contributed by atoms with van der Waals surface area (Å²) in [7, 11) is 1.32. The van der Waals surface area contributed by atoms with Crippen molar-refractivity contribution in [3.8, 4) is 5.75 Å². The second-order valence-corrected chi connectivity index (χ2v) is 7.80. The molecule has 8 heteroatoms. The van der Waals surface area contributed by atoms with Gasteiger partial charge in [0, 0.05) is 13.1 Å². The molecule has 2 fully saturated rings. The van der Waals surface area contributed by atoms with Crippen LogP contribution < -0.4 is 4.74 Å². The Morgan fingerprint density at radius 1 is 1.10 bits per heavy atom. The fraction of sp³-hybridized carbons (Fsp3) is 0.409. The minimum absolute atomic E-state index is 0.186. The standard InChI is InChI=1S/C22H23FN2O5/c1-29-22(28)13-2-5-17(6-3-13)30-20-9-15-12-25(11-14(15)8-19(20)26)21(27)18-7-4-16(23)10-24-18/h2-7,10,14-15,19-20,26H,8-9,11-12H2,1H3/t14-,15+,19+,20+/m0/s1. The minimum atomic E-state index is -0.648. The molecule has 0 bridgehead atoms. The van der Waals surface area contributed by atoms with Gasteiger partial charge < -0.3 is 19.5 Å². The zero-order chi connectivity index (χ0) is 21.3. The number of benzene rings is 1. The molecule has 1 amide bonds. The molecule has 4 atom stereocenters. The lowest BCUT2D eigenvalue weighted by atomic mass is 9.78. The monoisotopic (exact) mass is 414 g/mol. The Bertz CT molecular complexity index is 918. The predicted octanol–water partition coefficient (Wildman–Crippen LogP) is 2.30. The highest BCUT2D eigenvalue weighted by Gasteiger charge is 2.44. The molecule has 1 N–H and O–H groups in total. The van der Waals surface area contributed by atoms with Crippen molar-refractivity contribution in [3.05, 3.63) is 59.7 Å². The quantitative estimate of drug-likeness (QED) is 0.773. The van der Waals surface area contributed by atoms with Crippen LogP contribution in [-0.2, 0) is 4.74 Å². The van der Waals surface area contributed by atoms with Gasteiger partial charge in [-0.3, -0.25) is 4.79 Å². The molecule has 1 saturated carbocycles. The third kappa shape index (κ3) is 4.14. The lowest BCUT2D eigenvalue weighted by molar-refractivity contribution is -0.0231. The van der Waals surface area contributed by atoms with Crippen molar-refractivity contribution in [1.82, 2.24) is 9.88 Å². The lowest BCUT2D eigenvalue weighted by Crippen LogP contribution is -2.42. The van der Waals surface area contributed by atoms with Crippen LogP contribution in [0.3, 0.4) is 0 Å². The third-order valence-corrected chi connectivity index (χ3v) is 5.88. The summed E-state index contributed by atoms with van der Waals surface area (Å²) >= 11 is 0. The molecular formula is C22H23FN2O5. The Morgan fingerprint density at radius 3 is 2.43 bits per heavy atom. The second kappa shape index (κ2) is 8.39. The van der Waals surface area contributed by atoms with E-state index in [-0.39, 0.29) is 23.4 Å². The average molecular weight is 414 g/mol. The van der Waals surface area contributed by atoms with Crippen molar-refractivity contribution in [3.63, 3.8) is 0 Å². The smallest absolute Gasteiger partial charge is 0.337 e. The maximum Gasteiger partial charge on any atom is 0.337 e. The average Bonchev–Trinajstić information content (AvgIpc) is 3.16. The van der Waals surface area contributed by atoms with Gasteiger partial charge in [0.15, 0.2) is 0 Å². The topological polar surface area (TPSA) is 89.0 Å². The van der Waals surface area contributed by atoms with Crippen molar-refractivity contribution < 1.29 is 28.6 Å². The Labute approximate surface area is 173 Å². The Balaban J connectivity index is 1.39. The number of methoxy groups -OCH3 is 1. The SMILES string of the molecule is COC(=O)c1ccc(O[C@@H]2C[C@@H]3CN(C(=O)c4ccc(F)cn4)C[C@@H]3C[C@H]2O)cc1. The summed E-state index contributed by atoms with van der Waals surface area (Å²) in [6, 6.07) is 9.20. The number of aromatic nitrogens is 1. The van der Waals surface area contributed by atoms with E-state index in [0.29, 0.717) is 37.2 Å². The molecule has 1 aliphatic carbocycles. The fourth-order valence-electron chi connectivity index (χ4n) is 4.31. The first-order valence-electron chi connectivity index (χ1n) is 9.88. The number of hydrogen-bond donors (Lipinski definition) is 1. The summed E-state index contributed by atoms with van der Waals surface area (Å²) in [5, 5.41) is 10.6. The van der Waals surface area contributed by atoms with E-state index >= 15 is 0 Å². The summed E-state index contributed by atoms with van der Waals surface area (Å²) in [5.74, 6) is -0.178. The molecule has 0 radical (unpaired) electrons. The number of amides is 1. The number of aliphatic hydroxyl groups is 1. The zero-order valence-electron chi connectivity index (χ0n) is 16.5. The molecule has 2 aromatic rings. The van der Waals surface area contributed by atoms with Crippen LogP contribution in [0.1, 0.15) is 33.7 Å². The zero-order valence-corrected chi connectivity index (χ0v) is 16.5. The molecule has 1 aromatic carbocycles. The summed E-state index contributed by atoms with van der Waals surface area (Å²) in [4.78, 5) is 29.8. The molecule has 7 nitrogen and oxygen atoms in total. The van der Waals surface area contributed by atoms with Crippen molar-refractivity contribution in [2.75, 3.05) is 20.2 Å². The van der Waals surface area contributed by atoms with Crippen molar-refractivity contribution in [2.24, 2.45) is 11.8 Å². The van der Waals surface area contributed by atoms with Gasteiger partial charge in [-0.15, -0.1) is 0 Å². The maximum atomic E-state index is 13.1. The Hall–Kier alpha value is -3.00. The third-order valence-electron chi connectivity index (χ3n) is 5.88. The van der Waals surface area contributed by atoms with E-state index < -0.39 is 24.0 Å². The number of pyridine rings is 1. The number of hydrogen-bond acceptors (Lipinski definition) is 6. The molecule has 0 spiro atoms. The Kier molecular flexibility index (Phi) is 5.67. The number of fused-ring (bicyclic) bond motifs is 1. The highest BCUT2D eigenvalue weighted by molar-refractivity contribution is 5.92. The van der Waals surface area contributed by atoms with Crippen LogP contribution in [0.4, 0.5) is 4.39 Å². The number of aliphatic hydroxyl groups excluding tert-OH is 1. The highest BCUT2D eigenvalue weighted by atomic mass is 19.1. The van der Waals surface area contributed by atoms with Gasteiger partial charge in [-0.05, 0) is 61.1 Å². The summed E-state index contributed by atoms with van der Waals surface area (Å²) in [5.41, 5.74) is 0.641. The molecule has 2 aliphatic rings. The van der Waals surface area contributed by atoms with Crippen molar-refractivity contribution in [1.29, 1.82) is 0 Å². The molecule has 0 unspecified atom stereocenters. The number of nitrogens with zero attached hydrogens (tertiary/aromatic N) is 2. The van der Waals surface area contributed by atoms with Crippen LogP contribution in [0, 0.1) is 17.7 Å². The molecule has 4 rings (SSSR count). The van der Waals surface area contributed by atoms with E-state index in [1.54, 1.807) is 29.2 Å². The van der Waals surface area contributed by atoms with Crippen LogP contribution in [0.5, 0.6) is 5.75 Å². The van der Waals surface area contributed by atoms with Gasteiger partial charge in [-0.1, -0.05) is 0 Å². The first-order valence-corrected chi connectivity index (χ1v) is 9.88. The highest BCUT2D eigenvalue weighted by Crippen LogP contribution is 2.38. The maximum absolute atomic E-state index is 13.1. The van der Waals surface area contributed by atoms with Crippen molar-refractivity contribution >= 4 is 11.9 Å². The number of carbonyl (C=O) groups excluding carboxylic acids is 2. The first kappa shape index (κ1) is 20.3. The van der Waals surface area contributed by atoms with Gasteiger partial charge in [-0.2, -0.15) is 0 Å². The van der Waals surface area contributed by atoms with Gasteiger partial charge in [0.05, 0.1) is 25.0 Å². The second-order valence-electron chi connectivity index (χ2n) is 7.80. The van der Waals surface area contributed by atoms with Gasteiger partial charge in [0.25, 0.3) is 5.91 Å². The fourth-order valence-corrected chi connectivity index (χ4v) is 4.31. The normalized spacial score (nSPS) is 25.5. The number of likely N-dealkylation sites (tertiary alicyclic amines) is 1.